The van der Waals surface area contributed by atoms with Gasteiger partial charge in [0.1, 0.15) is 13.2 Å². The molecule has 1 fully saturated rings. The van der Waals surface area contributed by atoms with Crippen LogP contribution in [0, 0.1) is 5.92 Å². The third-order valence-corrected chi connectivity index (χ3v) is 6.55. The zero-order valence-electron chi connectivity index (χ0n) is 11.5. The number of halogens is 1. The van der Waals surface area contributed by atoms with Crippen molar-refractivity contribution in [2.45, 2.75) is 29.0 Å². The highest BCUT2D eigenvalue weighted by Gasteiger charge is 2.27. The SMILES string of the molecule is O=S(=O)(NCC1CCCC1Br)c1ccc2c(c1)OCCO2. The topological polar surface area (TPSA) is 64.6 Å². The molecule has 0 radical (unpaired) electrons. The third kappa shape index (κ3) is 3.35. The Hall–Kier alpha value is -0.790. The molecule has 0 spiro atoms. The van der Waals surface area contributed by atoms with E-state index >= 15 is 0 Å². The number of fused-ring (bicyclic) bond motifs is 1. The standard InChI is InChI=1S/C14H18BrNO4S/c15-12-3-1-2-10(12)9-16-21(17,18)11-4-5-13-14(8-11)20-7-6-19-13/h4-5,8,10,12,16H,1-3,6-7,9H2. The van der Waals surface area contributed by atoms with Crippen LogP contribution in [0.2, 0.25) is 0 Å². The monoisotopic (exact) mass is 375 g/mol. The highest BCUT2D eigenvalue weighted by atomic mass is 79.9. The Morgan fingerprint density at radius 2 is 1.95 bits per heavy atom. The Kier molecular flexibility index (Phi) is 4.42. The van der Waals surface area contributed by atoms with E-state index in [4.69, 9.17) is 9.47 Å². The summed E-state index contributed by atoms with van der Waals surface area (Å²) < 4.78 is 38.2. The maximum Gasteiger partial charge on any atom is 0.240 e. The molecule has 0 aromatic heterocycles. The summed E-state index contributed by atoms with van der Waals surface area (Å²) in [6.07, 6.45) is 3.31. The van der Waals surface area contributed by atoms with Gasteiger partial charge in [-0.25, -0.2) is 13.1 Å². The molecule has 0 bridgehead atoms. The van der Waals surface area contributed by atoms with Crippen LogP contribution in [-0.4, -0.2) is 33.0 Å². The molecule has 1 aliphatic heterocycles. The van der Waals surface area contributed by atoms with E-state index in [-0.39, 0.29) is 4.90 Å². The summed E-state index contributed by atoms with van der Waals surface area (Å²) in [5, 5.41) is 0. The van der Waals surface area contributed by atoms with E-state index in [1.165, 1.54) is 6.07 Å². The van der Waals surface area contributed by atoms with Crippen LogP contribution < -0.4 is 14.2 Å². The first-order valence-corrected chi connectivity index (χ1v) is 9.49. The van der Waals surface area contributed by atoms with Crippen LogP contribution in [0.5, 0.6) is 11.5 Å². The first kappa shape index (κ1) is 15.1. The molecule has 1 saturated carbocycles. The smallest absolute Gasteiger partial charge is 0.240 e. The summed E-state index contributed by atoms with van der Waals surface area (Å²) in [6.45, 7) is 1.40. The van der Waals surface area contributed by atoms with Gasteiger partial charge in [-0.15, -0.1) is 0 Å². The van der Waals surface area contributed by atoms with E-state index in [9.17, 15) is 8.42 Å². The third-order valence-electron chi connectivity index (χ3n) is 3.93. The van der Waals surface area contributed by atoms with Gasteiger partial charge >= 0.3 is 0 Å². The lowest BCUT2D eigenvalue weighted by Crippen LogP contribution is -2.31. The summed E-state index contributed by atoms with van der Waals surface area (Å²) in [7, 11) is -3.51. The van der Waals surface area contributed by atoms with Crippen LogP contribution >= 0.6 is 15.9 Å². The molecule has 3 rings (SSSR count). The lowest BCUT2D eigenvalue weighted by atomic mass is 10.1. The number of sulfonamides is 1. The maximum absolute atomic E-state index is 12.4. The van der Waals surface area contributed by atoms with Crippen LogP contribution in [0.4, 0.5) is 0 Å². The molecule has 1 aromatic carbocycles. The number of alkyl halides is 1. The molecule has 1 heterocycles. The minimum absolute atomic E-state index is 0.218. The van der Waals surface area contributed by atoms with E-state index < -0.39 is 10.0 Å². The van der Waals surface area contributed by atoms with Crippen molar-refractivity contribution in [3.8, 4) is 11.5 Å². The summed E-state index contributed by atoms with van der Waals surface area (Å²) in [5.74, 6) is 1.44. The average molecular weight is 376 g/mol. The van der Waals surface area contributed by atoms with Crippen LogP contribution in [0.1, 0.15) is 19.3 Å². The van der Waals surface area contributed by atoms with Crippen molar-refractivity contribution in [1.82, 2.24) is 4.72 Å². The van der Waals surface area contributed by atoms with Gasteiger partial charge in [-0.1, -0.05) is 22.4 Å². The fourth-order valence-electron chi connectivity index (χ4n) is 2.71. The number of ether oxygens (including phenoxy) is 2. The second kappa shape index (κ2) is 6.14. The van der Waals surface area contributed by atoms with Crippen molar-refractivity contribution in [2.75, 3.05) is 19.8 Å². The van der Waals surface area contributed by atoms with Crippen molar-refractivity contribution in [1.29, 1.82) is 0 Å². The molecule has 1 aromatic rings. The molecule has 2 unspecified atom stereocenters. The Balaban J connectivity index is 1.72. The van der Waals surface area contributed by atoms with Gasteiger partial charge in [-0.05, 0) is 30.9 Å². The van der Waals surface area contributed by atoms with Crippen molar-refractivity contribution in [3.05, 3.63) is 18.2 Å². The largest absolute Gasteiger partial charge is 0.486 e. The Bertz CT molecular complexity index is 619. The first-order valence-electron chi connectivity index (χ1n) is 7.10. The van der Waals surface area contributed by atoms with Gasteiger partial charge in [-0.3, -0.25) is 0 Å². The Morgan fingerprint density at radius 3 is 2.67 bits per heavy atom. The van der Waals surface area contributed by atoms with Gasteiger partial charge in [0.25, 0.3) is 0 Å². The molecule has 116 valence electrons. The van der Waals surface area contributed by atoms with Crippen molar-refractivity contribution >= 4 is 26.0 Å². The van der Waals surface area contributed by atoms with Gasteiger partial charge in [-0.2, -0.15) is 0 Å². The van der Waals surface area contributed by atoms with Crippen LogP contribution in [0.3, 0.4) is 0 Å². The number of hydrogen-bond donors (Lipinski definition) is 1. The van der Waals surface area contributed by atoms with Gasteiger partial charge in [0, 0.05) is 17.4 Å². The Morgan fingerprint density at radius 1 is 1.19 bits per heavy atom. The second-order valence-electron chi connectivity index (χ2n) is 5.36. The quantitative estimate of drug-likeness (QED) is 0.820. The molecule has 1 N–H and O–H groups in total. The highest BCUT2D eigenvalue weighted by molar-refractivity contribution is 9.09. The van der Waals surface area contributed by atoms with Crippen LogP contribution in [-0.2, 0) is 10.0 Å². The minimum Gasteiger partial charge on any atom is -0.486 e. The molecule has 0 saturated heterocycles. The molecular weight excluding hydrogens is 358 g/mol. The first-order chi connectivity index (χ1) is 10.1. The number of rotatable bonds is 4. The molecule has 7 heteroatoms. The van der Waals surface area contributed by atoms with Crippen molar-refractivity contribution < 1.29 is 17.9 Å². The molecule has 5 nitrogen and oxygen atoms in total. The predicted molar refractivity (Wildman–Crippen MR) is 82.7 cm³/mol. The summed E-state index contributed by atoms with van der Waals surface area (Å²) in [4.78, 5) is 0.622. The van der Waals surface area contributed by atoms with Gasteiger partial charge in [0.2, 0.25) is 10.0 Å². The zero-order chi connectivity index (χ0) is 14.9. The number of hydrogen-bond acceptors (Lipinski definition) is 4. The fourth-order valence-corrected chi connectivity index (χ4v) is 4.60. The molecule has 0 amide bonds. The predicted octanol–water partition coefficient (Wildman–Crippen LogP) is 2.30. The fraction of sp³-hybridized carbons (Fsp3) is 0.571. The number of nitrogens with one attached hydrogen (secondary N) is 1. The van der Waals surface area contributed by atoms with Crippen LogP contribution in [0.15, 0.2) is 23.1 Å². The zero-order valence-corrected chi connectivity index (χ0v) is 14.0. The van der Waals surface area contributed by atoms with E-state index in [2.05, 4.69) is 20.7 Å². The van der Waals surface area contributed by atoms with Gasteiger partial charge < -0.3 is 9.47 Å². The van der Waals surface area contributed by atoms with Gasteiger partial charge in [0.05, 0.1) is 4.90 Å². The van der Waals surface area contributed by atoms with Crippen LogP contribution in [0.25, 0.3) is 0 Å². The number of benzene rings is 1. The lowest BCUT2D eigenvalue weighted by Gasteiger charge is -2.19. The highest BCUT2D eigenvalue weighted by Crippen LogP contribution is 2.33. The minimum atomic E-state index is -3.51. The summed E-state index contributed by atoms with van der Waals surface area (Å²) >= 11 is 3.61. The maximum atomic E-state index is 12.4. The normalized spacial score (nSPS) is 25.0. The molecule has 2 aliphatic rings. The molecule has 21 heavy (non-hydrogen) atoms. The summed E-state index contributed by atoms with van der Waals surface area (Å²) in [5.41, 5.74) is 0. The molecule has 2 atom stereocenters. The molecule has 1 aliphatic carbocycles. The Labute approximate surface area is 133 Å². The second-order valence-corrected chi connectivity index (χ2v) is 8.31. The van der Waals surface area contributed by atoms with E-state index in [1.54, 1.807) is 12.1 Å². The van der Waals surface area contributed by atoms with Crippen molar-refractivity contribution in [2.24, 2.45) is 5.92 Å². The average Bonchev–Trinajstić information content (AvgIpc) is 2.90. The molecular formula is C14H18BrNO4S. The van der Waals surface area contributed by atoms with Crippen molar-refractivity contribution in [3.63, 3.8) is 0 Å². The van der Waals surface area contributed by atoms with Gasteiger partial charge in [0.15, 0.2) is 11.5 Å². The lowest BCUT2D eigenvalue weighted by molar-refractivity contribution is 0.171. The van der Waals surface area contributed by atoms with E-state index in [1.807, 2.05) is 0 Å². The van der Waals surface area contributed by atoms with E-state index in [0.29, 0.717) is 42.0 Å². The summed E-state index contributed by atoms with van der Waals surface area (Å²) in [6, 6.07) is 4.72. The van der Waals surface area contributed by atoms with E-state index in [0.717, 1.165) is 19.3 Å².